The van der Waals surface area contributed by atoms with Crippen molar-refractivity contribution in [3.63, 3.8) is 0 Å². The Labute approximate surface area is 163 Å². The molecule has 1 atom stereocenters. The van der Waals surface area contributed by atoms with Crippen molar-refractivity contribution in [2.45, 2.75) is 19.8 Å². The topological polar surface area (TPSA) is 61.0 Å². The van der Waals surface area contributed by atoms with Crippen LogP contribution in [0.15, 0.2) is 42.7 Å². The van der Waals surface area contributed by atoms with Crippen molar-refractivity contribution in [1.29, 1.82) is 0 Å². The molecule has 1 aromatic carbocycles. The minimum Gasteiger partial charge on any atom is -0.371 e. The number of benzene rings is 1. The maximum absolute atomic E-state index is 12.4. The first kappa shape index (κ1) is 17.9. The number of carbonyl (C=O) groups excluding carboxylic acids is 1. The molecule has 0 radical (unpaired) electrons. The van der Waals surface area contributed by atoms with Crippen LogP contribution in [0.4, 0.5) is 5.69 Å². The highest BCUT2D eigenvalue weighted by Gasteiger charge is 2.24. The van der Waals surface area contributed by atoms with Crippen molar-refractivity contribution in [2.75, 3.05) is 24.5 Å². The Kier molecular flexibility index (Phi) is 5.03. The molecule has 1 amide bonds. The van der Waals surface area contributed by atoms with Gasteiger partial charge in [-0.3, -0.25) is 4.79 Å². The Morgan fingerprint density at radius 2 is 2.30 bits per heavy atom. The summed E-state index contributed by atoms with van der Waals surface area (Å²) in [6, 6.07) is 9.90. The lowest BCUT2D eigenvalue weighted by molar-refractivity contribution is -0.120. The second kappa shape index (κ2) is 7.61. The summed E-state index contributed by atoms with van der Waals surface area (Å²) in [5.74, 6) is 0.508. The van der Waals surface area contributed by atoms with Crippen LogP contribution in [0.1, 0.15) is 17.5 Å². The number of aryl methyl sites for hydroxylation is 1. The number of fused-ring (bicyclic) bond motifs is 1. The van der Waals surface area contributed by atoms with E-state index in [1.54, 1.807) is 6.20 Å². The Hall–Kier alpha value is -2.53. The number of hydrogen-bond acceptors (Lipinski definition) is 3. The van der Waals surface area contributed by atoms with Gasteiger partial charge in [0.1, 0.15) is 5.65 Å². The molecule has 4 rings (SSSR count). The summed E-state index contributed by atoms with van der Waals surface area (Å²) >= 11 is 6.15. The van der Waals surface area contributed by atoms with Crippen LogP contribution in [0.3, 0.4) is 0 Å². The monoisotopic (exact) mass is 382 g/mol. The summed E-state index contributed by atoms with van der Waals surface area (Å²) in [5.41, 5.74) is 4.24. The first-order chi connectivity index (χ1) is 13.1. The molecule has 1 aliphatic heterocycles. The van der Waals surface area contributed by atoms with E-state index in [9.17, 15) is 4.79 Å². The normalized spacial score (nSPS) is 16.8. The van der Waals surface area contributed by atoms with Gasteiger partial charge in [0.15, 0.2) is 0 Å². The van der Waals surface area contributed by atoms with Gasteiger partial charge in [-0.1, -0.05) is 17.7 Å². The fourth-order valence-corrected chi connectivity index (χ4v) is 3.96. The van der Waals surface area contributed by atoms with Gasteiger partial charge in [-0.25, -0.2) is 4.98 Å². The van der Waals surface area contributed by atoms with Crippen LogP contribution in [-0.4, -0.2) is 35.5 Å². The molecule has 5 nitrogen and oxygen atoms in total. The molecule has 3 aromatic rings. The molecule has 2 aromatic heterocycles. The van der Waals surface area contributed by atoms with Crippen molar-refractivity contribution in [2.24, 2.45) is 5.92 Å². The molecular weight excluding hydrogens is 360 g/mol. The van der Waals surface area contributed by atoms with Gasteiger partial charge in [0, 0.05) is 48.1 Å². The van der Waals surface area contributed by atoms with E-state index in [0.717, 1.165) is 41.1 Å². The smallest absolute Gasteiger partial charge is 0.224 e. The number of aromatic amines is 1. The van der Waals surface area contributed by atoms with Crippen LogP contribution in [0.25, 0.3) is 11.0 Å². The molecule has 0 saturated carbocycles. The van der Waals surface area contributed by atoms with Crippen molar-refractivity contribution in [3.8, 4) is 0 Å². The van der Waals surface area contributed by atoms with Gasteiger partial charge in [-0.15, -0.1) is 0 Å². The fourth-order valence-electron chi connectivity index (χ4n) is 3.79. The highest BCUT2D eigenvalue weighted by atomic mass is 35.5. The zero-order valence-corrected chi connectivity index (χ0v) is 16.1. The number of anilines is 1. The van der Waals surface area contributed by atoms with Crippen molar-refractivity contribution < 1.29 is 4.79 Å². The van der Waals surface area contributed by atoms with Crippen LogP contribution in [0.2, 0.25) is 5.02 Å². The number of H-pyrrole nitrogens is 1. The summed E-state index contributed by atoms with van der Waals surface area (Å²) in [7, 11) is 0. The average Bonchev–Trinajstić information content (AvgIpc) is 3.30. The molecule has 1 saturated heterocycles. The zero-order chi connectivity index (χ0) is 18.8. The summed E-state index contributed by atoms with van der Waals surface area (Å²) < 4.78 is 0. The van der Waals surface area contributed by atoms with Gasteiger partial charge in [0.05, 0.1) is 6.42 Å². The third-order valence-electron chi connectivity index (χ3n) is 5.27. The largest absolute Gasteiger partial charge is 0.371 e. The summed E-state index contributed by atoms with van der Waals surface area (Å²) in [5, 5.41) is 4.87. The molecule has 1 fully saturated rings. The van der Waals surface area contributed by atoms with E-state index >= 15 is 0 Å². The maximum atomic E-state index is 12.4. The van der Waals surface area contributed by atoms with Gasteiger partial charge in [0.2, 0.25) is 5.91 Å². The first-order valence-corrected chi connectivity index (χ1v) is 9.67. The number of halogens is 1. The van der Waals surface area contributed by atoms with E-state index in [1.165, 1.54) is 11.3 Å². The fraction of sp³-hybridized carbons (Fsp3) is 0.333. The number of pyridine rings is 1. The Morgan fingerprint density at radius 1 is 1.41 bits per heavy atom. The molecule has 27 heavy (non-hydrogen) atoms. The van der Waals surface area contributed by atoms with Crippen LogP contribution >= 0.6 is 11.6 Å². The molecule has 0 aliphatic carbocycles. The molecule has 6 heteroatoms. The van der Waals surface area contributed by atoms with E-state index in [0.29, 0.717) is 18.9 Å². The average molecular weight is 383 g/mol. The highest BCUT2D eigenvalue weighted by molar-refractivity contribution is 6.30. The maximum Gasteiger partial charge on any atom is 0.224 e. The number of aromatic nitrogens is 2. The van der Waals surface area contributed by atoms with Gasteiger partial charge >= 0.3 is 0 Å². The predicted octanol–water partition coefficient (Wildman–Crippen LogP) is 3.71. The zero-order valence-electron chi connectivity index (χ0n) is 15.3. The summed E-state index contributed by atoms with van der Waals surface area (Å²) in [6.07, 6.45) is 5.06. The number of nitrogens with one attached hydrogen (secondary N) is 2. The number of carbonyl (C=O) groups is 1. The molecule has 140 valence electrons. The van der Waals surface area contributed by atoms with Gasteiger partial charge in [-0.2, -0.15) is 0 Å². The number of nitrogens with zero attached hydrogens (tertiary/aromatic N) is 2. The molecule has 1 unspecified atom stereocenters. The summed E-state index contributed by atoms with van der Waals surface area (Å²) in [6.45, 7) is 4.75. The molecular formula is C21H23ClN4O. The van der Waals surface area contributed by atoms with Gasteiger partial charge in [-0.05, 0) is 54.7 Å². The number of hydrogen-bond donors (Lipinski definition) is 2. The third kappa shape index (κ3) is 3.93. The third-order valence-corrected chi connectivity index (χ3v) is 5.51. The van der Waals surface area contributed by atoms with Crippen molar-refractivity contribution in [1.82, 2.24) is 15.3 Å². The van der Waals surface area contributed by atoms with E-state index in [-0.39, 0.29) is 5.91 Å². The lowest BCUT2D eigenvalue weighted by atomic mass is 10.1. The van der Waals surface area contributed by atoms with Crippen LogP contribution in [0.5, 0.6) is 0 Å². The minimum absolute atomic E-state index is 0.0529. The highest BCUT2D eigenvalue weighted by Crippen LogP contribution is 2.29. The summed E-state index contributed by atoms with van der Waals surface area (Å²) in [4.78, 5) is 22.1. The second-order valence-electron chi connectivity index (χ2n) is 7.23. The van der Waals surface area contributed by atoms with E-state index in [2.05, 4.69) is 33.2 Å². The lowest BCUT2D eigenvalue weighted by Crippen LogP contribution is -2.32. The Bertz CT molecular complexity index is 968. The first-order valence-electron chi connectivity index (χ1n) is 9.29. The molecule has 0 bridgehead atoms. The Balaban J connectivity index is 1.32. The Morgan fingerprint density at radius 3 is 3.19 bits per heavy atom. The number of rotatable bonds is 5. The molecule has 2 N–H and O–H groups in total. The van der Waals surface area contributed by atoms with Gasteiger partial charge in [0.25, 0.3) is 0 Å². The van der Waals surface area contributed by atoms with E-state index < -0.39 is 0 Å². The molecule has 1 aliphatic rings. The molecule has 0 spiro atoms. The standard InChI is InChI=1S/C21H23ClN4O/c1-14-4-5-17(22)10-19(14)26-8-6-15(13-26)11-24-20(27)9-16-12-25-21-18(16)3-2-7-23-21/h2-5,7,10,12,15H,6,8-9,11,13H2,1H3,(H,23,25)(H,24,27). The SMILES string of the molecule is Cc1ccc(Cl)cc1N1CCC(CNC(=O)Cc2c[nH]c3ncccc23)C1. The molecule has 3 heterocycles. The van der Waals surface area contributed by atoms with Crippen LogP contribution < -0.4 is 10.2 Å². The van der Waals surface area contributed by atoms with E-state index in [1.807, 2.05) is 30.5 Å². The minimum atomic E-state index is 0.0529. The van der Waals surface area contributed by atoms with Crippen molar-refractivity contribution >= 4 is 34.2 Å². The predicted molar refractivity (Wildman–Crippen MR) is 109 cm³/mol. The van der Waals surface area contributed by atoms with Crippen molar-refractivity contribution in [3.05, 3.63) is 58.9 Å². The second-order valence-corrected chi connectivity index (χ2v) is 7.66. The van der Waals surface area contributed by atoms with Gasteiger partial charge < -0.3 is 15.2 Å². The quantitative estimate of drug-likeness (QED) is 0.707. The lowest BCUT2D eigenvalue weighted by Gasteiger charge is -2.21. The van der Waals surface area contributed by atoms with Crippen LogP contribution in [0, 0.1) is 12.8 Å². The number of amides is 1. The van der Waals surface area contributed by atoms with Crippen LogP contribution in [-0.2, 0) is 11.2 Å². The van der Waals surface area contributed by atoms with E-state index in [4.69, 9.17) is 11.6 Å².